The summed E-state index contributed by atoms with van der Waals surface area (Å²) in [4.78, 5) is 0. The van der Waals surface area contributed by atoms with E-state index in [1.807, 2.05) is 7.05 Å². The Morgan fingerprint density at radius 2 is 2.24 bits per heavy atom. The van der Waals surface area contributed by atoms with Crippen LogP contribution < -0.4 is 5.32 Å². The zero-order valence-electron chi connectivity index (χ0n) is 10.3. The Morgan fingerprint density at radius 3 is 2.88 bits per heavy atom. The molecule has 1 N–H and O–H groups in total. The molecule has 0 saturated heterocycles. The van der Waals surface area contributed by atoms with Crippen LogP contribution in [-0.4, -0.2) is 26.3 Å². The van der Waals surface area contributed by atoms with Crippen molar-refractivity contribution in [3.63, 3.8) is 0 Å². The summed E-state index contributed by atoms with van der Waals surface area (Å²) in [5, 5.41) is 3.68. The summed E-state index contributed by atoms with van der Waals surface area (Å²) < 4.78 is 19.0. The molecule has 1 rings (SSSR count). The zero-order chi connectivity index (χ0) is 12.7. The van der Waals surface area contributed by atoms with Crippen LogP contribution in [0.25, 0.3) is 0 Å². The van der Waals surface area contributed by atoms with Gasteiger partial charge in [0.25, 0.3) is 0 Å². The molecule has 2 nitrogen and oxygen atoms in total. The van der Waals surface area contributed by atoms with Gasteiger partial charge in [-0.25, -0.2) is 4.39 Å². The van der Waals surface area contributed by atoms with Crippen LogP contribution in [0, 0.1) is 5.82 Å². The van der Waals surface area contributed by atoms with E-state index in [2.05, 4.69) is 12.2 Å². The molecule has 1 aromatic rings. The van der Waals surface area contributed by atoms with Crippen molar-refractivity contribution in [1.82, 2.24) is 5.32 Å². The molecule has 1 aromatic carbocycles. The van der Waals surface area contributed by atoms with Crippen LogP contribution in [0.5, 0.6) is 0 Å². The number of halogens is 2. The summed E-state index contributed by atoms with van der Waals surface area (Å²) in [6.07, 6.45) is 1.56. The van der Waals surface area contributed by atoms with Crippen molar-refractivity contribution in [1.29, 1.82) is 0 Å². The maximum atomic E-state index is 13.5. The second-order valence-corrected chi connectivity index (χ2v) is 4.44. The van der Waals surface area contributed by atoms with Gasteiger partial charge in [0.05, 0.1) is 6.61 Å². The Balaban J connectivity index is 2.57. The third-order valence-corrected chi connectivity index (χ3v) is 2.78. The van der Waals surface area contributed by atoms with Crippen molar-refractivity contribution in [2.45, 2.75) is 25.8 Å². The van der Waals surface area contributed by atoms with Crippen molar-refractivity contribution in [3.8, 4) is 0 Å². The van der Waals surface area contributed by atoms with E-state index < -0.39 is 0 Å². The Morgan fingerprint density at radius 1 is 1.47 bits per heavy atom. The molecule has 0 fully saturated rings. The van der Waals surface area contributed by atoms with Gasteiger partial charge in [0.2, 0.25) is 0 Å². The van der Waals surface area contributed by atoms with Gasteiger partial charge in [-0.05, 0) is 43.7 Å². The van der Waals surface area contributed by atoms with Crippen molar-refractivity contribution in [2.24, 2.45) is 0 Å². The van der Waals surface area contributed by atoms with E-state index in [1.54, 1.807) is 12.1 Å². The Labute approximate surface area is 107 Å². The van der Waals surface area contributed by atoms with Gasteiger partial charge in [0.1, 0.15) is 5.82 Å². The van der Waals surface area contributed by atoms with Gasteiger partial charge in [-0.1, -0.05) is 18.5 Å². The number of hydrogen-bond donors (Lipinski definition) is 1. The van der Waals surface area contributed by atoms with E-state index >= 15 is 0 Å². The highest BCUT2D eigenvalue weighted by atomic mass is 35.5. The molecule has 0 radical (unpaired) electrons. The second-order valence-electron chi connectivity index (χ2n) is 4.00. The molecule has 1 atom stereocenters. The first-order chi connectivity index (χ1) is 8.17. The Kier molecular flexibility index (Phi) is 6.48. The molecule has 0 spiro atoms. The van der Waals surface area contributed by atoms with E-state index in [9.17, 15) is 4.39 Å². The van der Waals surface area contributed by atoms with E-state index in [1.165, 1.54) is 6.07 Å². The van der Waals surface area contributed by atoms with Gasteiger partial charge < -0.3 is 10.1 Å². The molecule has 0 aliphatic carbocycles. The van der Waals surface area contributed by atoms with Gasteiger partial charge >= 0.3 is 0 Å². The quantitative estimate of drug-likeness (QED) is 0.760. The van der Waals surface area contributed by atoms with Crippen molar-refractivity contribution < 1.29 is 9.13 Å². The van der Waals surface area contributed by atoms with Gasteiger partial charge in [0, 0.05) is 17.7 Å². The van der Waals surface area contributed by atoms with Gasteiger partial charge in [-0.2, -0.15) is 0 Å². The van der Waals surface area contributed by atoms with Crippen LogP contribution in [0.3, 0.4) is 0 Å². The van der Waals surface area contributed by atoms with Crippen LogP contribution in [0.4, 0.5) is 4.39 Å². The van der Waals surface area contributed by atoms with Crippen LogP contribution in [0.15, 0.2) is 18.2 Å². The van der Waals surface area contributed by atoms with Crippen LogP contribution in [0.1, 0.15) is 18.9 Å². The fraction of sp³-hybridized carbons (Fsp3) is 0.538. The normalized spacial score (nSPS) is 12.7. The maximum Gasteiger partial charge on any atom is 0.126 e. The first-order valence-electron chi connectivity index (χ1n) is 5.86. The number of ether oxygens (including phenoxy) is 1. The van der Waals surface area contributed by atoms with Crippen LogP contribution in [0.2, 0.25) is 5.02 Å². The Hall–Kier alpha value is -0.640. The fourth-order valence-corrected chi connectivity index (χ4v) is 1.77. The number of benzene rings is 1. The maximum absolute atomic E-state index is 13.5. The summed E-state index contributed by atoms with van der Waals surface area (Å²) in [5.41, 5.74) is 0.622. The molecule has 96 valence electrons. The van der Waals surface area contributed by atoms with Crippen molar-refractivity contribution >= 4 is 11.6 Å². The first kappa shape index (κ1) is 14.4. The SMILES string of the molecule is CCCOCC(Cc1cc(Cl)ccc1F)NC. The minimum absolute atomic E-state index is 0.106. The molecule has 0 aromatic heterocycles. The largest absolute Gasteiger partial charge is 0.380 e. The van der Waals surface area contributed by atoms with E-state index in [0.717, 1.165) is 13.0 Å². The fourth-order valence-electron chi connectivity index (χ4n) is 1.58. The Bertz CT molecular complexity index is 346. The average molecular weight is 260 g/mol. The van der Waals surface area contributed by atoms with Gasteiger partial charge in [-0.3, -0.25) is 0 Å². The summed E-state index contributed by atoms with van der Waals surface area (Å²) in [5.74, 6) is -0.217. The number of rotatable bonds is 7. The van der Waals surface area contributed by atoms with Gasteiger partial charge in [-0.15, -0.1) is 0 Å². The van der Waals surface area contributed by atoms with Gasteiger partial charge in [0.15, 0.2) is 0 Å². The minimum Gasteiger partial charge on any atom is -0.380 e. The summed E-state index contributed by atoms with van der Waals surface area (Å²) >= 11 is 5.85. The second kappa shape index (κ2) is 7.64. The van der Waals surface area contributed by atoms with E-state index in [0.29, 0.717) is 23.6 Å². The molecule has 0 amide bonds. The highest BCUT2D eigenvalue weighted by molar-refractivity contribution is 6.30. The molecule has 1 unspecified atom stereocenters. The lowest BCUT2D eigenvalue weighted by Gasteiger charge is -2.16. The number of nitrogens with one attached hydrogen (secondary N) is 1. The van der Waals surface area contributed by atoms with Crippen molar-refractivity contribution in [3.05, 3.63) is 34.6 Å². The van der Waals surface area contributed by atoms with Crippen molar-refractivity contribution in [2.75, 3.05) is 20.3 Å². The minimum atomic E-state index is -0.217. The molecule has 0 aliphatic heterocycles. The molecular weight excluding hydrogens is 241 g/mol. The number of hydrogen-bond acceptors (Lipinski definition) is 2. The molecule has 0 aliphatic rings. The third-order valence-electron chi connectivity index (χ3n) is 2.55. The molecule has 4 heteroatoms. The summed E-state index contributed by atoms with van der Waals surface area (Å²) in [7, 11) is 1.85. The third kappa shape index (κ3) is 5.02. The monoisotopic (exact) mass is 259 g/mol. The summed E-state index contributed by atoms with van der Waals surface area (Å²) in [6, 6.07) is 4.73. The highest BCUT2D eigenvalue weighted by Crippen LogP contribution is 2.16. The lowest BCUT2D eigenvalue weighted by Crippen LogP contribution is -2.33. The van der Waals surface area contributed by atoms with Crippen LogP contribution in [-0.2, 0) is 11.2 Å². The number of likely N-dealkylation sites (N-methyl/N-ethyl adjacent to an activating group) is 1. The zero-order valence-corrected chi connectivity index (χ0v) is 11.1. The molecular formula is C13H19ClFNO. The molecule has 0 bridgehead atoms. The molecule has 0 heterocycles. The lowest BCUT2D eigenvalue weighted by atomic mass is 10.1. The molecule has 0 saturated carbocycles. The van der Waals surface area contributed by atoms with E-state index in [4.69, 9.17) is 16.3 Å². The topological polar surface area (TPSA) is 21.3 Å². The standard InChI is InChI=1S/C13H19ClFNO/c1-3-6-17-9-12(16-2)8-10-7-11(14)4-5-13(10)15/h4-5,7,12,16H,3,6,8-9H2,1-2H3. The average Bonchev–Trinajstić information content (AvgIpc) is 2.32. The predicted octanol–water partition coefficient (Wildman–Crippen LogP) is 3.04. The highest BCUT2D eigenvalue weighted by Gasteiger charge is 2.11. The van der Waals surface area contributed by atoms with E-state index in [-0.39, 0.29) is 11.9 Å². The van der Waals surface area contributed by atoms with Crippen LogP contribution >= 0.6 is 11.6 Å². The summed E-state index contributed by atoms with van der Waals surface area (Å²) in [6.45, 7) is 3.37. The first-order valence-corrected chi connectivity index (χ1v) is 6.24. The smallest absolute Gasteiger partial charge is 0.126 e. The predicted molar refractivity (Wildman–Crippen MR) is 69.1 cm³/mol. The lowest BCUT2D eigenvalue weighted by molar-refractivity contribution is 0.113. The molecule has 17 heavy (non-hydrogen) atoms.